The van der Waals surface area contributed by atoms with Gasteiger partial charge in [-0.3, -0.25) is 9.58 Å². The van der Waals surface area contributed by atoms with Gasteiger partial charge in [0.1, 0.15) is 0 Å². The first-order valence-electron chi connectivity index (χ1n) is 8.09. The molecule has 1 N–H and O–H groups in total. The number of hydrogen-bond acceptors (Lipinski definition) is 3. The van der Waals surface area contributed by atoms with E-state index in [1.165, 1.54) is 38.0 Å². The molecule has 2 heterocycles. The smallest absolute Gasteiger partial charge is 0.0675 e. The Morgan fingerprint density at radius 1 is 1.30 bits per heavy atom. The molecule has 4 nitrogen and oxygen atoms in total. The molecule has 0 spiro atoms. The molecular formula is C16H30N4. The average molecular weight is 278 g/mol. The van der Waals surface area contributed by atoms with Crippen molar-refractivity contribution in [2.75, 3.05) is 19.6 Å². The highest BCUT2D eigenvalue weighted by molar-refractivity contribution is 5.14. The van der Waals surface area contributed by atoms with Crippen molar-refractivity contribution in [3.05, 3.63) is 18.0 Å². The summed E-state index contributed by atoms with van der Waals surface area (Å²) < 4.78 is 2.02. The summed E-state index contributed by atoms with van der Waals surface area (Å²) in [7, 11) is 2.05. The summed E-state index contributed by atoms with van der Waals surface area (Å²) in [6.45, 7) is 10.4. The number of nitrogens with one attached hydrogen (secondary N) is 1. The topological polar surface area (TPSA) is 33.1 Å². The van der Waals surface area contributed by atoms with Gasteiger partial charge in [-0.2, -0.15) is 5.10 Å². The number of nitrogens with zero attached hydrogens (tertiary/aromatic N) is 3. The van der Waals surface area contributed by atoms with Crippen molar-refractivity contribution < 1.29 is 0 Å². The summed E-state index contributed by atoms with van der Waals surface area (Å²) in [5, 5.41) is 8.08. The van der Waals surface area contributed by atoms with E-state index in [0.29, 0.717) is 6.04 Å². The van der Waals surface area contributed by atoms with Crippen LogP contribution in [-0.4, -0.2) is 39.9 Å². The molecular weight excluding hydrogens is 248 g/mol. The van der Waals surface area contributed by atoms with Crippen molar-refractivity contribution in [3.63, 3.8) is 0 Å². The van der Waals surface area contributed by atoms with Gasteiger partial charge < -0.3 is 5.32 Å². The van der Waals surface area contributed by atoms with E-state index in [2.05, 4.69) is 42.2 Å². The Morgan fingerprint density at radius 3 is 2.50 bits per heavy atom. The van der Waals surface area contributed by atoms with Gasteiger partial charge >= 0.3 is 0 Å². The fourth-order valence-electron chi connectivity index (χ4n) is 3.53. The number of hydrogen-bond donors (Lipinski definition) is 1. The molecule has 1 saturated heterocycles. The first kappa shape index (κ1) is 15.5. The van der Waals surface area contributed by atoms with Crippen LogP contribution in [0.4, 0.5) is 0 Å². The first-order chi connectivity index (χ1) is 9.63. The largest absolute Gasteiger partial charge is 0.307 e. The molecule has 0 saturated carbocycles. The third kappa shape index (κ3) is 2.91. The summed E-state index contributed by atoms with van der Waals surface area (Å²) in [5.41, 5.74) is 1.45. The molecule has 1 fully saturated rings. The van der Waals surface area contributed by atoms with E-state index in [0.717, 1.165) is 13.0 Å². The molecule has 0 aliphatic carbocycles. The second kappa shape index (κ2) is 6.72. The van der Waals surface area contributed by atoms with Crippen LogP contribution in [-0.2, 0) is 7.05 Å². The quantitative estimate of drug-likeness (QED) is 0.868. The van der Waals surface area contributed by atoms with Crippen LogP contribution in [0.2, 0.25) is 0 Å². The van der Waals surface area contributed by atoms with Crippen LogP contribution in [0, 0.1) is 0 Å². The maximum absolute atomic E-state index is 4.37. The molecule has 0 bridgehead atoms. The average Bonchev–Trinajstić information content (AvgIpc) is 2.91. The first-order valence-corrected chi connectivity index (χ1v) is 8.09. The number of likely N-dealkylation sites (tertiary alicyclic amines) is 1. The van der Waals surface area contributed by atoms with Crippen LogP contribution in [0.1, 0.15) is 58.2 Å². The summed E-state index contributed by atoms with van der Waals surface area (Å²) in [6.07, 6.45) is 7.11. The monoisotopic (exact) mass is 278 g/mol. The lowest BCUT2D eigenvalue weighted by Gasteiger charge is -2.48. The zero-order valence-electron chi connectivity index (χ0n) is 13.5. The van der Waals surface area contributed by atoms with Gasteiger partial charge in [-0.05, 0) is 51.9 Å². The normalized spacial score (nSPS) is 21.6. The van der Waals surface area contributed by atoms with Crippen molar-refractivity contribution in [1.82, 2.24) is 20.0 Å². The number of piperidine rings is 1. The van der Waals surface area contributed by atoms with Crippen molar-refractivity contribution in [2.24, 2.45) is 7.05 Å². The molecule has 0 aromatic carbocycles. The Bertz CT molecular complexity index is 408. The second-order valence-electron chi connectivity index (χ2n) is 6.13. The van der Waals surface area contributed by atoms with Crippen LogP contribution in [0.3, 0.4) is 0 Å². The van der Waals surface area contributed by atoms with Crippen LogP contribution < -0.4 is 5.32 Å². The third-order valence-electron chi connectivity index (χ3n) is 4.98. The Morgan fingerprint density at radius 2 is 2.00 bits per heavy atom. The minimum absolute atomic E-state index is 0.157. The van der Waals surface area contributed by atoms with Crippen LogP contribution in [0.25, 0.3) is 0 Å². The summed E-state index contributed by atoms with van der Waals surface area (Å²) in [6, 6.07) is 2.49. The van der Waals surface area contributed by atoms with E-state index in [9.17, 15) is 0 Å². The lowest BCUT2D eigenvalue weighted by atomic mass is 9.83. The van der Waals surface area contributed by atoms with E-state index >= 15 is 0 Å². The standard InChI is InChI=1S/C16H30N4/c1-5-16(3,20-12-8-7-9-13-20)15(17-6-2)14-10-11-18-19(14)4/h10-11,15,17H,5-9,12-13H2,1-4H3. The highest BCUT2D eigenvalue weighted by Crippen LogP contribution is 2.35. The van der Waals surface area contributed by atoms with Crippen molar-refractivity contribution in [2.45, 2.75) is 58.0 Å². The zero-order chi connectivity index (χ0) is 14.6. The minimum Gasteiger partial charge on any atom is -0.307 e. The molecule has 1 aliphatic rings. The Balaban J connectivity index is 2.30. The molecule has 1 aromatic rings. The molecule has 2 rings (SSSR count). The van der Waals surface area contributed by atoms with E-state index in [1.54, 1.807) is 0 Å². The molecule has 1 aliphatic heterocycles. The highest BCUT2D eigenvalue weighted by Gasteiger charge is 2.40. The molecule has 0 radical (unpaired) electrons. The molecule has 2 atom stereocenters. The minimum atomic E-state index is 0.157. The third-order valence-corrected chi connectivity index (χ3v) is 4.98. The van der Waals surface area contributed by atoms with E-state index in [-0.39, 0.29) is 5.54 Å². The van der Waals surface area contributed by atoms with Gasteiger partial charge in [0.15, 0.2) is 0 Å². The van der Waals surface area contributed by atoms with Gasteiger partial charge in [-0.25, -0.2) is 0 Å². The summed E-state index contributed by atoms with van der Waals surface area (Å²) in [4.78, 5) is 2.69. The number of likely N-dealkylation sites (N-methyl/N-ethyl adjacent to an activating group) is 1. The number of aryl methyl sites for hydroxylation is 1. The Kier molecular flexibility index (Phi) is 5.22. The van der Waals surface area contributed by atoms with Gasteiger partial charge in [0.2, 0.25) is 0 Å². The highest BCUT2D eigenvalue weighted by atomic mass is 15.3. The number of aromatic nitrogens is 2. The fraction of sp³-hybridized carbons (Fsp3) is 0.812. The maximum atomic E-state index is 4.37. The van der Waals surface area contributed by atoms with E-state index in [4.69, 9.17) is 0 Å². The van der Waals surface area contributed by atoms with Crippen LogP contribution in [0.15, 0.2) is 12.3 Å². The molecule has 114 valence electrons. The van der Waals surface area contributed by atoms with Crippen molar-refractivity contribution in [1.29, 1.82) is 0 Å². The lowest BCUT2D eigenvalue weighted by Crippen LogP contribution is -2.56. The van der Waals surface area contributed by atoms with Gasteiger partial charge in [-0.1, -0.05) is 20.3 Å². The van der Waals surface area contributed by atoms with Gasteiger partial charge in [0.25, 0.3) is 0 Å². The van der Waals surface area contributed by atoms with Gasteiger partial charge in [-0.15, -0.1) is 0 Å². The fourth-order valence-corrected chi connectivity index (χ4v) is 3.53. The van der Waals surface area contributed by atoms with Crippen molar-refractivity contribution >= 4 is 0 Å². The molecule has 2 unspecified atom stereocenters. The van der Waals surface area contributed by atoms with Gasteiger partial charge in [0, 0.05) is 18.8 Å². The maximum Gasteiger partial charge on any atom is 0.0675 e. The lowest BCUT2D eigenvalue weighted by molar-refractivity contribution is 0.0405. The van der Waals surface area contributed by atoms with E-state index < -0.39 is 0 Å². The molecule has 0 amide bonds. The second-order valence-corrected chi connectivity index (χ2v) is 6.13. The Hall–Kier alpha value is -0.870. The molecule has 4 heteroatoms. The number of rotatable bonds is 6. The summed E-state index contributed by atoms with van der Waals surface area (Å²) >= 11 is 0. The molecule has 1 aromatic heterocycles. The predicted molar refractivity (Wildman–Crippen MR) is 83.7 cm³/mol. The SMILES string of the molecule is CCNC(c1ccnn1C)C(C)(CC)N1CCCCC1. The molecule has 20 heavy (non-hydrogen) atoms. The van der Waals surface area contributed by atoms with E-state index in [1.807, 2.05) is 17.9 Å². The van der Waals surface area contributed by atoms with Crippen molar-refractivity contribution in [3.8, 4) is 0 Å². The predicted octanol–water partition coefficient (Wildman–Crippen LogP) is 2.73. The Labute approximate surface area is 123 Å². The van der Waals surface area contributed by atoms with Crippen LogP contribution in [0.5, 0.6) is 0 Å². The zero-order valence-corrected chi connectivity index (χ0v) is 13.5. The van der Waals surface area contributed by atoms with Crippen LogP contribution >= 0.6 is 0 Å². The summed E-state index contributed by atoms with van der Waals surface area (Å²) in [5.74, 6) is 0. The van der Waals surface area contributed by atoms with Gasteiger partial charge in [0.05, 0.1) is 11.7 Å².